The van der Waals surface area contributed by atoms with Crippen molar-refractivity contribution in [2.24, 2.45) is 23.5 Å². The summed E-state index contributed by atoms with van der Waals surface area (Å²) in [4.78, 5) is 12.3. The van der Waals surface area contributed by atoms with E-state index in [2.05, 4.69) is 19.2 Å². The van der Waals surface area contributed by atoms with E-state index in [9.17, 15) is 4.79 Å². The van der Waals surface area contributed by atoms with Gasteiger partial charge in [-0.05, 0) is 32.1 Å². The smallest absolute Gasteiger partial charge is 0.224 e. The highest BCUT2D eigenvalue weighted by atomic mass is 16.5. The molecule has 18 heavy (non-hydrogen) atoms. The molecule has 1 aliphatic carbocycles. The van der Waals surface area contributed by atoms with Crippen molar-refractivity contribution in [3.8, 4) is 0 Å². The lowest BCUT2D eigenvalue weighted by atomic mass is 9.77. The molecule has 1 heterocycles. The maximum atomic E-state index is 12.3. The summed E-state index contributed by atoms with van der Waals surface area (Å²) < 4.78 is 5.37. The first kappa shape index (κ1) is 13.8. The monoisotopic (exact) mass is 254 g/mol. The minimum Gasteiger partial charge on any atom is -0.381 e. The largest absolute Gasteiger partial charge is 0.381 e. The molecule has 0 aromatic rings. The summed E-state index contributed by atoms with van der Waals surface area (Å²) >= 11 is 0. The highest BCUT2D eigenvalue weighted by Crippen LogP contribution is 2.28. The summed E-state index contributed by atoms with van der Waals surface area (Å²) in [6, 6.07) is 0.218. The van der Waals surface area contributed by atoms with Crippen molar-refractivity contribution in [2.75, 3.05) is 13.2 Å². The number of rotatable bonds is 3. The molecule has 2 fully saturated rings. The summed E-state index contributed by atoms with van der Waals surface area (Å²) in [7, 11) is 0. The summed E-state index contributed by atoms with van der Waals surface area (Å²) in [5, 5.41) is 3.14. The van der Waals surface area contributed by atoms with Crippen LogP contribution in [0.25, 0.3) is 0 Å². The third-order valence-electron chi connectivity index (χ3n) is 4.67. The second-order valence-electron chi connectivity index (χ2n) is 6.01. The van der Waals surface area contributed by atoms with E-state index in [4.69, 9.17) is 10.5 Å². The van der Waals surface area contributed by atoms with Gasteiger partial charge in [-0.25, -0.2) is 0 Å². The van der Waals surface area contributed by atoms with Gasteiger partial charge in [0.2, 0.25) is 5.91 Å². The maximum Gasteiger partial charge on any atom is 0.224 e. The van der Waals surface area contributed by atoms with Crippen LogP contribution in [-0.2, 0) is 9.53 Å². The molecule has 1 saturated carbocycles. The van der Waals surface area contributed by atoms with Crippen LogP contribution < -0.4 is 11.1 Å². The molecule has 2 aliphatic rings. The molecule has 1 aliphatic heterocycles. The first-order valence-electron chi connectivity index (χ1n) is 7.23. The molecule has 0 aromatic heterocycles. The zero-order chi connectivity index (χ0) is 13.1. The Hall–Kier alpha value is -0.610. The molecule has 0 radical (unpaired) electrons. The van der Waals surface area contributed by atoms with Crippen LogP contribution in [0.4, 0.5) is 0 Å². The minimum absolute atomic E-state index is 0.00137. The molecule has 1 saturated heterocycles. The lowest BCUT2D eigenvalue weighted by molar-refractivity contribution is -0.128. The SMILES string of the molecule is CC1CCCC(C(=O)NC(C)C2CCOC2)C1N. The van der Waals surface area contributed by atoms with Crippen LogP contribution in [0.5, 0.6) is 0 Å². The zero-order valence-corrected chi connectivity index (χ0v) is 11.5. The Balaban J connectivity index is 1.86. The van der Waals surface area contributed by atoms with Crippen molar-refractivity contribution < 1.29 is 9.53 Å². The maximum absolute atomic E-state index is 12.3. The van der Waals surface area contributed by atoms with Crippen LogP contribution in [0.1, 0.15) is 39.5 Å². The minimum atomic E-state index is -0.00137. The third kappa shape index (κ3) is 3.04. The van der Waals surface area contributed by atoms with E-state index >= 15 is 0 Å². The van der Waals surface area contributed by atoms with Crippen LogP contribution >= 0.6 is 0 Å². The van der Waals surface area contributed by atoms with Gasteiger partial charge in [-0.1, -0.05) is 13.3 Å². The molecule has 104 valence electrons. The highest BCUT2D eigenvalue weighted by molar-refractivity contribution is 5.79. The van der Waals surface area contributed by atoms with Gasteiger partial charge in [0.1, 0.15) is 0 Å². The summed E-state index contributed by atoms with van der Waals surface area (Å²) in [6.45, 7) is 5.83. The van der Waals surface area contributed by atoms with Gasteiger partial charge in [0.15, 0.2) is 0 Å². The van der Waals surface area contributed by atoms with Crippen molar-refractivity contribution in [1.29, 1.82) is 0 Å². The van der Waals surface area contributed by atoms with Crippen LogP contribution in [0.2, 0.25) is 0 Å². The fourth-order valence-electron chi connectivity index (χ4n) is 3.14. The number of carbonyl (C=O) groups is 1. The zero-order valence-electron chi connectivity index (χ0n) is 11.5. The van der Waals surface area contributed by atoms with E-state index in [1.807, 2.05) is 0 Å². The average Bonchev–Trinajstić information content (AvgIpc) is 2.86. The molecule has 3 N–H and O–H groups in total. The molecule has 4 nitrogen and oxygen atoms in total. The molecule has 5 unspecified atom stereocenters. The fourth-order valence-corrected chi connectivity index (χ4v) is 3.14. The summed E-state index contributed by atoms with van der Waals surface area (Å²) in [5.41, 5.74) is 6.17. The van der Waals surface area contributed by atoms with Crippen molar-refractivity contribution in [2.45, 2.75) is 51.6 Å². The van der Waals surface area contributed by atoms with Gasteiger partial charge >= 0.3 is 0 Å². The predicted molar refractivity (Wildman–Crippen MR) is 71.0 cm³/mol. The standard InChI is InChI=1S/C14H26N2O2/c1-9-4-3-5-12(13(9)15)14(17)16-10(2)11-6-7-18-8-11/h9-13H,3-8,15H2,1-2H3,(H,16,17). The number of hydrogen-bond donors (Lipinski definition) is 2. The van der Waals surface area contributed by atoms with E-state index in [0.717, 1.165) is 38.9 Å². The number of carbonyl (C=O) groups excluding carboxylic acids is 1. The fraction of sp³-hybridized carbons (Fsp3) is 0.929. The molecular formula is C14H26N2O2. The lowest BCUT2D eigenvalue weighted by Gasteiger charge is -2.34. The third-order valence-corrected chi connectivity index (χ3v) is 4.67. The van der Waals surface area contributed by atoms with E-state index in [1.165, 1.54) is 0 Å². The molecule has 4 heteroatoms. The van der Waals surface area contributed by atoms with Gasteiger partial charge < -0.3 is 15.8 Å². The van der Waals surface area contributed by atoms with E-state index < -0.39 is 0 Å². The van der Waals surface area contributed by atoms with E-state index in [1.54, 1.807) is 0 Å². The topological polar surface area (TPSA) is 64.3 Å². The first-order chi connectivity index (χ1) is 8.59. The number of hydrogen-bond acceptors (Lipinski definition) is 3. The Kier molecular flexibility index (Phi) is 4.62. The van der Waals surface area contributed by atoms with Crippen LogP contribution in [0.15, 0.2) is 0 Å². The molecule has 1 amide bonds. The Morgan fingerprint density at radius 3 is 2.83 bits per heavy atom. The summed E-state index contributed by atoms with van der Waals surface area (Å²) in [5.74, 6) is 1.07. The number of amides is 1. The van der Waals surface area contributed by atoms with Crippen molar-refractivity contribution in [1.82, 2.24) is 5.32 Å². The van der Waals surface area contributed by atoms with Crippen molar-refractivity contribution >= 4 is 5.91 Å². The number of nitrogens with two attached hydrogens (primary N) is 1. The van der Waals surface area contributed by atoms with Gasteiger partial charge in [-0.15, -0.1) is 0 Å². The summed E-state index contributed by atoms with van der Waals surface area (Å²) in [6.07, 6.45) is 4.25. The molecule has 0 aromatic carbocycles. The highest BCUT2D eigenvalue weighted by Gasteiger charge is 2.34. The Morgan fingerprint density at radius 1 is 1.39 bits per heavy atom. The first-order valence-corrected chi connectivity index (χ1v) is 7.23. The molecule has 0 bridgehead atoms. The van der Waals surface area contributed by atoms with E-state index in [0.29, 0.717) is 11.8 Å². The Morgan fingerprint density at radius 2 is 2.17 bits per heavy atom. The van der Waals surface area contributed by atoms with Gasteiger partial charge in [0.25, 0.3) is 0 Å². The van der Waals surface area contributed by atoms with Gasteiger partial charge in [-0.2, -0.15) is 0 Å². The Bertz CT molecular complexity index is 290. The lowest BCUT2D eigenvalue weighted by Crippen LogP contribution is -2.50. The van der Waals surface area contributed by atoms with Crippen LogP contribution in [0.3, 0.4) is 0 Å². The van der Waals surface area contributed by atoms with Gasteiger partial charge in [0.05, 0.1) is 12.5 Å². The van der Waals surface area contributed by atoms with Crippen LogP contribution in [0, 0.1) is 17.8 Å². The van der Waals surface area contributed by atoms with Gasteiger partial charge in [-0.3, -0.25) is 4.79 Å². The quantitative estimate of drug-likeness (QED) is 0.797. The van der Waals surface area contributed by atoms with Crippen molar-refractivity contribution in [3.05, 3.63) is 0 Å². The second kappa shape index (κ2) is 6.02. The molecular weight excluding hydrogens is 228 g/mol. The normalized spacial score (nSPS) is 38.4. The molecule has 5 atom stereocenters. The Labute approximate surface area is 110 Å². The van der Waals surface area contributed by atoms with E-state index in [-0.39, 0.29) is 23.9 Å². The van der Waals surface area contributed by atoms with Crippen LogP contribution in [-0.4, -0.2) is 31.2 Å². The van der Waals surface area contributed by atoms with Crippen molar-refractivity contribution in [3.63, 3.8) is 0 Å². The van der Waals surface area contributed by atoms with Gasteiger partial charge in [0, 0.05) is 24.6 Å². The number of nitrogens with one attached hydrogen (secondary N) is 1. The average molecular weight is 254 g/mol. The molecule has 0 spiro atoms. The second-order valence-corrected chi connectivity index (χ2v) is 6.01. The predicted octanol–water partition coefficient (Wildman–Crippen LogP) is 1.29. The number of ether oxygens (including phenoxy) is 1. The molecule has 2 rings (SSSR count).